The molecule has 0 saturated carbocycles. The van der Waals surface area contributed by atoms with Crippen molar-refractivity contribution in [3.63, 3.8) is 0 Å². The number of halogens is 1. The Labute approximate surface area is 114 Å². The van der Waals surface area contributed by atoms with Gasteiger partial charge in [-0.15, -0.1) is 5.10 Å². The van der Waals surface area contributed by atoms with E-state index in [0.717, 1.165) is 23.0 Å². The van der Waals surface area contributed by atoms with Crippen LogP contribution in [0.25, 0.3) is 6.08 Å². The van der Waals surface area contributed by atoms with Crippen molar-refractivity contribution in [2.75, 3.05) is 0 Å². The summed E-state index contributed by atoms with van der Waals surface area (Å²) in [6.07, 6.45) is 6.57. The van der Waals surface area contributed by atoms with Crippen molar-refractivity contribution in [2.24, 2.45) is 0 Å². The monoisotopic (exact) mass is 302 g/mol. The highest BCUT2D eigenvalue weighted by atomic mass is 79.9. The molecule has 0 amide bonds. The molecule has 0 fully saturated rings. The van der Waals surface area contributed by atoms with Crippen molar-refractivity contribution in [3.8, 4) is 6.07 Å². The molecule has 0 spiro atoms. The van der Waals surface area contributed by atoms with E-state index in [1.54, 1.807) is 11.0 Å². The van der Waals surface area contributed by atoms with Gasteiger partial charge in [-0.1, -0.05) is 40.2 Å². The van der Waals surface area contributed by atoms with Crippen molar-refractivity contribution in [2.45, 2.75) is 13.0 Å². The molecule has 4 nitrogen and oxygen atoms in total. The molecule has 1 aromatic heterocycles. The summed E-state index contributed by atoms with van der Waals surface area (Å²) < 4.78 is 2.75. The maximum Gasteiger partial charge on any atom is 0.252 e. The van der Waals surface area contributed by atoms with Gasteiger partial charge in [0.05, 0.1) is 0 Å². The van der Waals surface area contributed by atoms with E-state index in [2.05, 4.69) is 38.2 Å². The van der Waals surface area contributed by atoms with Crippen LogP contribution in [0.2, 0.25) is 0 Å². The summed E-state index contributed by atoms with van der Waals surface area (Å²) in [5.74, 6) is 0.215. The van der Waals surface area contributed by atoms with Gasteiger partial charge in [-0.05, 0) is 24.1 Å². The van der Waals surface area contributed by atoms with E-state index in [9.17, 15) is 0 Å². The predicted octanol–water partition coefficient (Wildman–Crippen LogP) is 3.02. The molecular formula is C13H11BrN4. The fourth-order valence-electron chi connectivity index (χ4n) is 1.45. The largest absolute Gasteiger partial charge is 0.252 e. The number of allylic oxidation sites excluding steroid dienone is 1. The summed E-state index contributed by atoms with van der Waals surface area (Å²) in [6.45, 7) is 0.724. The number of aryl methyl sites for hydroxylation is 1. The first kappa shape index (κ1) is 12.5. The Morgan fingerprint density at radius 1 is 1.33 bits per heavy atom. The summed E-state index contributed by atoms with van der Waals surface area (Å²) in [5.41, 5.74) is 1.16. The van der Waals surface area contributed by atoms with E-state index in [1.165, 1.54) is 0 Å². The van der Waals surface area contributed by atoms with E-state index >= 15 is 0 Å². The van der Waals surface area contributed by atoms with Crippen LogP contribution in [-0.4, -0.2) is 14.8 Å². The van der Waals surface area contributed by atoms with Crippen molar-refractivity contribution >= 4 is 22.0 Å². The molecule has 0 aliphatic carbocycles. The minimum atomic E-state index is 0.215. The fraction of sp³-hybridized carbons (Fsp3) is 0.154. The Hall–Kier alpha value is -1.93. The van der Waals surface area contributed by atoms with Crippen LogP contribution in [0.3, 0.4) is 0 Å². The number of benzene rings is 1. The Morgan fingerprint density at radius 2 is 2.11 bits per heavy atom. The highest BCUT2D eigenvalue weighted by Crippen LogP contribution is 2.11. The van der Waals surface area contributed by atoms with Gasteiger partial charge in [0.1, 0.15) is 12.4 Å². The summed E-state index contributed by atoms with van der Waals surface area (Å²) in [5, 5.41) is 12.6. The number of nitriles is 1. The molecular weight excluding hydrogens is 292 g/mol. The second-order valence-corrected chi connectivity index (χ2v) is 4.60. The third kappa shape index (κ3) is 3.54. The highest BCUT2D eigenvalue weighted by Gasteiger charge is 1.96. The first-order valence-corrected chi connectivity index (χ1v) is 6.29. The smallest absolute Gasteiger partial charge is 0.251 e. The Morgan fingerprint density at radius 3 is 2.78 bits per heavy atom. The minimum absolute atomic E-state index is 0.215. The molecule has 0 N–H and O–H groups in total. The lowest BCUT2D eigenvalue weighted by atomic mass is 10.2. The average Bonchev–Trinajstić information content (AvgIpc) is 2.85. The number of aromatic nitrogens is 3. The van der Waals surface area contributed by atoms with Crippen LogP contribution in [0, 0.1) is 11.3 Å². The molecule has 1 aromatic carbocycles. The summed E-state index contributed by atoms with van der Waals surface area (Å²) in [7, 11) is 0. The van der Waals surface area contributed by atoms with Crippen LogP contribution >= 0.6 is 15.9 Å². The standard InChI is InChI=1S/C13H11BrN4/c14-12-6-4-11(5-7-12)3-1-2-8-18-10-16-13(9-15)17-18/h1,3-7,10H,2,8H2. The molecule has 90 valence electrons. The molecule has 2 aromatic rings. The van der Waals surface area contributed by atoms with Gasteiger partial charge in [-0.25, -0.2) is 4.98 Å². The van der Waals surface area contributed by atoms with E-state index in [4.69, 9.17) is 5.26 Å². The van der Waals surface area contributed by atoms with Gasteiger partial charge < -0.3 is 0 Å². The zero-order chi connectivity index (χ0) is 12.8. The van der Waals surface area contributed by atoms with Gasteiger partial charge in [0.25, 0.3) is 5.82 Å². The molecule has 5 heteroatoms. The van der Waals surface area contributed by atoms with Crippen LogP contribution in [0.15, 0.2) is 41.1 Å². The van der Waals surface area contributed by atoms with Gasteiger partial charge in [0.15, 0.2) is 0 Å². The van der Waals surface area contributed by atoms with Crippen molar-refractivity contribution in [1.29, 1.82) is 5.26 Å². The van der Waals surface area contributed by atoms with Crippen molar-refractivity contribution in [1.82, 2.24) is 14.8 Å². The average molecular weight is 303 g/mol. The van der Waals surface area contributed by atoms with E-state index in [1.807, 2.05) is 30.3 Å². The molecule has 0 atom stereocenters. The summed E-state index contributed by atoms with van der Waals surface area (Å²) in [4.78, 5) is 3.84. The number of hydrogen-bond acceptors (Lipinski definition) is 3. The van der Waals surface area contributed by atoms with Gasteiger partial charge in [-0.2, -0.15) is 5.26 Å². The van der Waals surface area contributed by atoms with Crippen LogP contribution in [0.5, 0.6) is 0 Å². The molecule has 0 aliphatic rings. The Balaban J connectivity index is 1.85. The van der Waals surface area contributed by atoms with Crippen molar-refractivity contribution < 1.29 is 0 Å². The number of hydrogen-bond donors (Lipinski definition) is 0. The van der Waals surface area contributed by atoms with Gasteiger partial charge >= 0.3 is 0 Å². The number of nitrogens with zero attached hydrogens (tertiary/aromatic N) is 4. The molecule has 0 aliphatic heterocycles. The molecule has 1 heterocycles. The van der Waals surface area contributed by atoms with Crippen LogP contribution in [-0.2, 0) is 6.54 Å². The van der Waals surface area contributed by atoms with E-state index in [0.29, 0.717) is 0 Å². The van der Waals surface area contributed by atoms with Crippen LogP contribution in [0.1, 0.15) is 17.8 Å². The first-order valence-electron chi connectivity index (χ1n) is 5.49. The molecule has 2 rings (SSSR count). The topological polar surface area (TPSA) is 54.5 Å². The highest BCUT2D eigenvalue weighted by molar-refractivity contribution is 9.10. The van der Waals surface area contributed by atoms with Gasteiger partial charge in [-0.3, -0.25) is 4.68 Å². The minimum Gasteiger partial charge on any atom is -0.251 e. The second kappa shape index (κ2) is 6.12. The van der Waals surface area contributed by atoms with Gasteiger partial charge in [0.2, 0.25) is 0 Å². The molecule has 0 saturated heterocycles. The van der Waals surface area contributed by atoms with Crippen LogP contribution in [0.4, 0.5) is 0 Å². The lowest BCUT2D eigenvalue weighted by Crippen LogP contribution is -1.97. The van der Waals surface area contributed by atoms with Gasteiger partial charge in [0, 0.05) is 11.0 Å². The Kier molecular flexibility index (Phi) is 4.26. The van der Waals surface area contributed by atoms with Crippen LogP contribution < -0.4 is 0 Å². The van der Waals surface area contributed by atoms with Crippen molar-refractivity contribution in [3.05, 3.63) is 52.5 Å². The quantitative estimate of drug-likeness (QED) is 0.872. The SMILES string of the molecule is N#Cc1ncn(CCC=Cc2ccc(Br)cc2)n1. The zero-order valence-corrected chi connectivity index (χ0v) is 11.2. The maximum atomic E-state index is 8.59. The first-order chi connectivity index (χ1) is 8.78. The third-order valence-electron chi connectivity index (χ3n) is 2.34. The summed E-state index contributed by atoms with van der Waals surface area (Å²) in [6, 6.07) is 10.0. The predicted molar refractivity (Wildman–Crippen MR) is 72.5 cm³/mol. The molecule has 0 unspecified atom stereocenters. The lowest BCUT2D eigenvalue weighted by molar-refractivity contribution is 0.621. The Bertz CT molecular complexity index is 578. The normalized spacial score (nSPS) is 10.7. The third-order valence-corrected chi connectivity index (χ3v) is 2.87. The summed E-state index contributed by atoms with van der Waals surface area (Å²) >= 11 is 3.40. The molecule has 18 heavy (non-hydrogen) atoms. The lowest BCUT2D eigenvalue weighted by Gasteiger charge is -1.96. The molecule has 0 bridgehead atoms. The zero-order valence-electron chi connectivity index (χ0n) is 9.62. The second-order valence-electron chi connectivity index (χ2n) is 3.69. The van der Waals surface area contributed by atoms with E-state index < -0.39 is 0 Å². The number of rotatable bonds is 4. The molecule has 0 radical (unpaired) electrons. The van der Waals surface area contributed by atoms with E-state index in [-0.39, 0.29) is 5.82 Å². The maximum absolute atomic E-state index is 8.59. The fourth-order valence-corrected chi connectivity index (χ4v) is 1.72.